The summed E-state index contributed by atoms with van der Waals surface area (Å²) in [4.78, 5) is 32.9. The van der Waals surface area contributed by atoms with Gasteiger partial charge in [-0.2, -0.15) is 0 Å². The summed E-state index contributed by atoms with van der Waals surface area (Å²) >= 11 is 0. The van der Waals surface area contributed by atoms with Crippen molar-refractivity contribution < 1.29 is 14.3 Å². The zero-order valence-corrected chi connectivity index (χ0v) is 16.6. The number of hydrogen-bond acceptors (Lipinski definition) is 5. The molecule has 1 spiro atoms. The number of carbonyl (C=O) groups is 2. The van der Waals surface area contributed by atoms with Gasteiger partial charge >= 0.3 is 6.09 Å². The fraction of sp³-hybridized carbons (Fsp3) is 0.895. The Labute approximate surface area is 157 Å². The monoisotopic (exact) mass is 366 g/mol. The van der Waals surface area contributed by atoms with Crippen molar-refractivity contribution >= 4 is 12.0 Å². The van der Waals surface area contributed by atoms with Crippen LogP contribution in [0, 0.1) is 0 Å². The van der Waals surface area contributed by atoms with Crippen LogP contribution in [0.1, 0.15) is 39.0 Å². The van der Waals surface area contributed by atoms with E-state index in [4.69, 9.17) is 4.74 Å². The Morgan fingerprint density at radius 1 is 1.12 bits per heavy atom. The zero-order chi connectivity index (χ0) is 18.7. The van der Waals surface area contributed by atoms with Crippen LogP contribution in [0.3, 0.4) is 0 Å². The van der Waals surface area contributed by atoms with Crippen LogP contribution in [-0.2, 0) is 9.53 Å². The number of carbonyl (C=O) groups excluding carboxylic acids is 2. The van der Waals surface area contributed by atoms with Crippen molar-refractivity contribution in [3.05, 3.63) is 0 Å². The average Bonchev–Trinajstić information content (AvgIpc) is 2.79. The Bertz CT molecular complexity index is 521. The van der Waals surface area contributed by atoms with E-state index in [1.54, 1.807) is 0 Å². The van der Waals surface area contributed by atoms with E-state index in [9.17, 15) is 9.59 Å². The van der Waals surface area contributed by atoms with E-state index in [-0.39, 0.29) is 17.5 Å². The van der Waals surface area contributed by atoms with E-state index in [2.05, 4.69) is 16.8 Å². The van der Waals surface area contributed by atoms with E-state index in [0.29, 0.717) is 19.1 Å². The number of likely N-dealkylation sites (tertiary alicyclic amines) is 2. The lowest BCUT2D eigenvalue weighted by Gasteiger charge is -2.52. The molecule has 3 rings (SSSR count). The molecule has 2 amide bonds. The fourth-order valence-corrected chi connectivity index (χ4v) is 4.73. The SMILES string of the molecule is CCOC(=O)N1CCC(N2CCN(C)[C@]3(CCC(=O)N(C)CC3)C2)CC1. The van der Waals surface area contributed by atoms with Gasteiger partial charge in [0, 0.05) is 64.3 Å². The molecule has 0 aromatic rings. The van der Waals surface area contributed by atoms with Crippen molar-refractivity contribution in [2.45, 2.75) is 50.6 Å². The molecule has 0 bridgehead atoms. The van der Waals surface area contributed by atoms with Gasteiger partial charge in [-0.05, 0) is 39.7 Å². The smallest absolute Gasteiger partial charge is 0.409 e. The van der Waals surface area contributed by atoms with Crippen LogP contribution >= 0.6 is 0 Å². The maximum atomic E-state index is 12.1. The molecule has 7 nitrogen and oxygen atoms in total. The molecule has 0 aromatic heterocycles. The molecule has 148 valence electrons. The van der Waals surface area contributed by atoms with E-state index in [0.717, 1.165) is 65.0 Å². The Hall–Kier alpha value is -1.34. The standard InChI is InChI=1S/C19H34N4O3/c1-4-26-18(25)22-10-6-16(7-11-22)23-14-13-21(3)19(15-23)8-5-17(24)20(2)12-9-19/h16H,4-15H2,1-3H3/t19-/m0/s1. The topological polar surface area (TPSA) is 56.3 Å². The summed E-state index contributed by atoms with van der Waals surface area (Å²) in [6.07, 6.45) is 4.49. The highest BCUT2D eigenvalue weighted by molar-refractivity contribution is 5.76. The predicted octanol–water partition coefficient (Wildman–Crippen LogP) is 1.24. The average molecular weight is 367 g/mol. The second-order valence-electron chi connectivity index (χ2n) is 8.10. The Balaban J connectivity index is 1.60. The van der Waals surface area contributed by atoms with E-state index >= 15 is 0 Å². The molecule has 0 radical (unpaired) electrons. The quantitative estimate of drug-likeness (QED) is 0.736. The molecule has 3 fully saturated rings. The van der Waals surface area contributed by atoms with E-state index in [1.165, 1.54) is 0 Å². The summed E-state index contributed by atoms with van der Waals surface area (Å²) < 4.78 is 5.13. The summed E-state index contributed by atoms with van der Waals surface area (Å²) in [5, 5.41) is 0. The van der Waals surface area contributed by atoms with Crippen LogP contribution in [0.5, 0.6) is 0 Å². The van der Waals surface area contributed by atoms with Crippen molar-refractivity contribution in [2.75, 3.05) is 60.0 Å². The highest BCUT2D eigenvalue weighted by Crippen LogP contribution is 2.33. The molecule has 26 heavy (non-hydrogen) atoms. The number of likely N-dealkylation sites (N-methyl/N-ethyl adjacent to an activating group) is 1. The third-order valence-electron chi connectivity index (χ3n) is 6.68. The molecular formula is C19H34N4O3. The van der Waals surface area contributed by atoms with Gasteiger partial charge in [-0.15, -0.1) is 0 Å². The van der Waals surface area contributed by atoms with Gasteiger partial charge < -0.3 is 14.5 Å². The number of piperazine rings is 1. The lowest BCUT2D eigenvalue weighted by molar-refractivity contribution is -0.129. The molecule has 3 saturated heterocycles. The number of amides is 2. The summed E-state index contributed by atoms with van der Waals surface area (Å²) in [5.41, 5.74) is 0.108. The largest absolute Gasteiger partial charge is 0.450 e. The minimum atomic E-state index is -0.175. The molecule has 3 aliphatic heterocycles. The summed E-state index contributed by atoms with van der Waals surface area (Å²) in [6.45, 7) is 7.86. The maximum Gasteiger partial charge on any atom is 0.409 e. The number of nitrogens with zero attached hydrogens (tertiary/aromatic N) is 4. The molecule has 0 aliphatic carbocycles. The fourth-order valence-electron chi connectivity index (χ4n) is 4.73. The second kappa shape index (κ2) is 8.13. The first-order valence-corrected chi connectivity index (χ1v) is 10.1. The van der Waals surface area contributed by atoms with Crippen LogP contribution in [0.25, 0.3) is 0 Å². The van der Waals surface area contributed by atoms with Gasteiger partial charge in [-0.3, -0.25) is 14.6 Å². The second-order valence-corrected chi connectivity index (χ2v) is 8.10. The van der Waals surface area contributed by atoms with Crippen molar-refractivity contribution in [3.63, 3.8) is 0 Å². The van der Waals surface area contributed by atoms with Gasteiger partial charge in [0.05, 0.1) is 6.61 Å². The molecule has 0 N–H and O–H groups in total. The van der Waals surface area contributed by atoms with E-state index < -0.39 is 0 Å². The van der Waals surface area contributed by atoms with Gasteiger partial charge in [0.25, 0.3) is 0 Å². The third kappa shape index (κ3) is 3.98. The van der Waals surface area contributed by atoms with Crippen molar-refractivity contribution in [2.24, 2.45) is 0 Å². The molecule has 1 atom stereocenters. The molecule has 0 aromatic carbocycles. The zero-order valence-electron chi connectivity index (χ0n) is 16.6. The molecule has 3 aliphatic rings. The predicted molar refractivity (Wildman–Crippen MR) is 100 cm³/mol. The van der Waals surface area contributed by atoms with Gasteiger partial charge in [0.15, 0.2) is 0 Å². The highest BCUT2D eigenvalue weighted by atomic mass is 16.6. The Kier molecular flexibility index (Phi) is 6.07. The maximum absolute atomic E-state index is 12.1. The van der Waals surface area contributed by atoms with Crippen molar-refractivity contribution in [1.82, 2.24) is 19.6 Å². The van der Waals surface area contributed by atoms with Crippen LogP contribution in [0.15, 0.2) is 0 Å². The Morgan fingerprint density at radius 3 is 2.54 bits per heavy atom. The third-order valence-corrected chi connectivity index (χ3v) is 6.68. The first kappa shape index (κ1) is 19.4. The lowest BCUT2D eigenvalue weighted by Crippen LogP contribution is -2.63. The molecule has 3 heterocycles. The van der Waals surface area contributed by atoms with Crippen LogP contribution in [0.4, 0.5) is 4.79 Å². The van der Waals surface area contributed by atoms with Gasteiger partial charge in [0.2, 0.25) is 5.91 Å². The summed E-state index contributed by atoms with van der Waals surface area (Å²) in [5.74, 6) is 0.273. The number of piperidine rings is 1. The van der Waals surface area contributed by atoms with Crippen LogP contribution in [0.2, 0.25) is 0 Å². The van der Waals surface area contributed by atoms with Gasteiger partial charge in [0.1, 0.15) is 0 Å². The lowest BCUT2D eigenvalue weighted by atomic mass is 9.85. The van der Waals surface area contributed by atoms with Gasteiger partial charge in [-0.1, -0.05) is 0 Å². The minimum Gasteiger partial charge on any atom is -0.450 e. The Morgan fingerprint density at radius 2 is 1.85 bits per heavy atom. The van der Waals surface area contributed by atoms with Crippen LogP contribution in [-0.4, -0.2) is 103 Å². The number of hydrogen-bond donors (Lipinski definition) is 0. The number of rotatable bonds is 2. The summed E-state index contributed by atoms with van der Waals surface area (Å²) in [6, 6.07) is 0.530. The first-order chi connectivity index (χ1) is 12.4. The first-order valence-electron chi connectivity index (χ1n) is 10.1. The number of ether oxygens (including phenoxy) is 1. The normalized spacial score (nSPS) is 29.9. The molecule has 0 unspecified atom stereocenters. The molecule has 0 saturated carbocycles. The van der Waals surface area contributed by atoms with Crippen molar-refractivity contribution in [1.29, 1.82) is 0 Å². The van der Waals surface area contributed by atoms with Gasteiger partial charge in [-0.25, -0.2) is 4.79 Å². The summed E-state index contributed by atoms with van der Waals surface area (Å²) in [7, 11) is 4.14. The van der Waals surface area contributed by atoms with Crippen LogP contribution < -0.4 is 0 Å². The molecular weight excluding hydrogens is 332 g/mol. The highest BCUT2D eigenvalue weighted by Gasteiger charge is 2.43. The van der Waals surface area contributed by atoms with E-state index in [1.807, 2.05) is 23.8 Å². The van der Waals surface area contributed by atoms with Crippen molar-refractivity contribution in [3.8, 4) is 0 Å². The molecule has 7 heteroatoms. The minimum absolute atomic E-state index is 0.108.